The van der Waals surface area contributed by atoms with Crippen LogP contribution in [0.4, 0.5) is 5.69 Å². The monoisotopic (exact) mass is 291 g/mol. The number of carbonyl (C=O) groups excluding carboxylic acids is 1. The summed E-state index contributed by atoms with van der Waals surface area (Å²) in [5, 5.41) is 9.54. The van der Waals surface area contributed by atoms with Gasteiger partial charge in [-0.2, -0.15) is 0 Å². The van der Waals surface area contributed by atoms with Crippen LogP contribution in [0, 0.1) is 0 Å². The first-order valence-electron chi connectivity index (χ1n) is 7.61. The van der Waals surface area contributed by atoms with Crippen molar-refractivity contribution in [1.29, 1.82) is 0 Å². The van der Waals surface area contributed by atoms with E-state index < -0.39 is 0 Å². The van der Waals surface area contributed by atoms with E-state index >= 15 is 0 Å². The number of phenolic OH excluding ortho intramolecular Hbond substituents is 1. The smallest absolute Gasteiger partial charge is 0.256 e. The van der Waals surface area contributed by atoms with E-state index in [2.05, 4.69) is 11.8 Å². The third-order valence-electron chi connectivity index (χ3n) is 4.23. The Labute approximate surface area is 126 Å². The summed E-state index contributed by atoms with van der Waals surface area (Å²) < 4.78 is 0. The number of hydrogen-bond donors (Lipinski definition) is 2. The summed E-state index contributed by atoms with van der Waals surface area (Å²) in [6.07, 6.45) is 3.14. The molecule has 0 unspecified atom stereocenters. The topological polar surface area (TPSA) is 69.8 Å². The summed E-state index contributed by atoms with van der Waals surface area (Å²) in [5.74, 6) is -0.0453. The second-order valence-electron chi connectivity index (χ2n) is 5.76. The lowest BCUT2D eigenvalue weighted by molar-refractivity contribution is 0.0643. The van der Waals surface area contributed by atoms with Crippen molar-refractivity contribution in [2.45, 2.75) is 32.2 Å². The van der Waals surface area contributed by atoms with Crippen LogP contribution in [0.5, 0.6) is 5.75 Å². The van der Waals surface area contributed by atoms with Crippen LogP contribution in [-0.2, 0) is 0 Å². The van der Waals surface area contributed by atoms with Crippen LogP contribution in [0.1, 0.15) is 36.5 Å². The molecular formula is C16H25N3O2. The predicted octanol–water partition coefficient (Wildman–Crippen LogP) is 1.92. The van der Waals surface area contributed by atoms with Crippen LogP contribution in [0.25, 0.3) is 0 Å². The van der Waals surface area contributed by atoms with E-state index in [9.17, 15) is 9.90 Å². The first-order valence-corrected chi connectivity index (χ1v) is 7.61. The number of nitrogens with two attached hydrogens (primary N) is 1. The Kier molecular flexibility index (Phi) is 5.07. The number of benzene rings is 1. The summed E-state index contributed by atoms with van der Waals surface area (Å²) >= 11 is 0. The van der Waals surface area contributed by atoms with Crippen molar-refractivity contribution in [3.63, 3.8) is 0 Å². The van der Waals surface area contributed by atoms with Crippen LogP contribution in [0.15, 0.2) is 18.2 Å². The maximum Gasteiger partial charge on any atom is 0.256 e. The average molecular weight is 291 g/mol. The van der Waals surface area contributed by atoms with Gasteiger partial charge in [-0.1, -0.05) is 6.92 Å². The highest BCUT2D eigenvalue weighted by Crippen LogP contribution is 2.23. The first kappa shape index (κ1) is 15.6. The fourth-order valence-electron chi connectivity index (χ4n) is 2.93. The Balaban J connectivity index is 2.01. The Morgan fingerprint density at radius 3 is 2.71 bits per heavy atom. The van der Waals surface area contributed by atoms with Crippen LogP contribution >= 0.6 is 0 Å². The molecule has 0 radical (unpaired) electrons. The van der Waals surface area contributed by atoms with Gasteiger partial charge in [0.05, 0.1) is 5.56 Å². The molecule has 5 heteroatoms. The quantitative estimate of drug-likeness (QED) is 0.657. The maximum atomic E-state index is 12.5. The molecule has 1 amide bonds. The molecule has 0 aromatic heterocycles. The molecule has 5 nitrogen and oxygen atoms in total. The standard InChI is InChI=1S/C16H25N3O2/c1-3-8-19-9-6-12(7-10-19)18(2)16(21)14-11-13(20)4-5-15(14)17/h4-5,11-12,20H,3,6-10,17H2,1-2H3. The lowest BCUT2D eigenvalue weighted by Crippen LogP contribution is -2.45. The minimum Gasteiger partial charge on any atom is -0.508 e. The van der Waals surface area contributed by atoms with Gasteiger partial charge in [0.25, 0.3) is 5.91 Å². The summed E-state index contributed by atoms with van der Waals surface area (Å²) in [6, 6.07) is 4.75. The molecule has 0 spiro atoms. The molecule has 116 valence electrons. The Hall–Kier alpha value is -1.75. The third kappa shape index (κ3) is 3.67. The van der Waals surface area contributed by atoms with Gasteiger partial charge >= 0.3 is 0 Å². The van der Waals surface area contributed by atoms with E-state index in [1.165, 1.54) is 18.6 Å². The molecular weight excluding hydrogens is 266 g/mol. The molecule has 0 atom stereocenters. The van der Waals surface area contributed by atoms with E-state index in [1.807, 2.05) is 7.05 Å². The second-order valence-corrected chi connectivity index (χ2v) is 5.76. The number of nitrogen functional groups attached to an aromatic ring is 1. The lowest BCUT2D eigenvalue weighted by Gasteiger charge is -2.36. The SMILES string of the molecule is CCCN1CCC(N(C)C(=O)c2cc(O)ccc2N)CC1. The Bertz CT molecular complexity index is 496. The number of piperidine rings is 1. The van der Waals surface area contributed by atoms with Crippen molar-refractivity contribution < 1.29 is 9.90 Å². The molecule has 1 heterocycles. The zero-order chi connectivity index (χ0) is 15.4. The molecule has 21 heavy (non-hydrogen) atoms. The fraction of sp³-hybridized carbons (Fsp3) is 0.562. The summed E-state index contributed by atoms with van der Waals surface area (Å²) in [5.41, 5.74) is 6.65. The molecule has 0 aliphatic carbocycles. The number of rotatable bonds is 4. The molecule has 1 aliphatic rings. The van der Waals surface area contributed by atoms with E-state index in [0.717, 1.165) is 32.5 Å². The van der Waals surface area contributed by atoms with Gasteiger partial charge in [0.1, 0.15) is 5.75 Å². The van der Waals surface area contributed by atoms with Gasteiger partial charge in [0.15, 0.2) is 0 Å². The minimum absolute atomic E-state index is 0.0683. The Morgan fingerprint density at radius 1 is 1.43 bits per heavy atom. The molecule has 1 fully saturated rings. The number of nitrogens with zero attached hydrogens (tertiary/aromatic N) is 2. The number of likely N-dealkylation sites (tertiary alicyclic amines) is 1. The summed E-state index contributed by atoms with van der Waals surface area (Å²) in [4.78, 5) is 16.8. The fourth-order valence-corrected chi connectivity index (χ4v) is 2.93. The van der Waals surface area contributed by atoms with Gasteiger partial charge in [0, 0.05) is 31.9 Å². The number of phenols is 1. The molecule has 1 saturated heterocycles. The van der Waals surface area contributed by atoms with Crippen molar-refractivity contribution >= 4 is 11.6 Å². The number of aromatic hydroxyl groups is 1. The van der Waals surface area contributed by atoms with Gasteiger partial charge in [-0.25, -0.2) is 0 Å². The molecule has 0 saturated carbocycles. The highest BCUT2D eigenvalue weighted by atomic mass is 16.3. The zero-order valence-electron chi connectivity index (χ0n) is 12.9. The molecule has 1 aliphatic heterocycles. The molecule has 1 aromatic carbocycles. The number of hydrogen-bond acceptors (Lipinski definition) is 4. The van der Waals surface area contributed by atoms with Gasteiger partial charge < -0.3 is 20.6 Å². The maximum absolute atomic E-state index is 12.5. The molecule has 3 N–H and O–H groups in total. The number of carbonyl (C=O) groups is 1. The first-order chi connectivity index (χ1) is 10.0. The van der Waals surface area contributed by atoms with Crippen LogP contribution < -0.4 is 5.73 Å². The largest absolute Gasteiger partial charge is 0.508 e. The Morgan fingerprint density at radius 2 is 2.10 bits per heavy atom. The minimum atomic E-state index is -0.114. The molecule has 2 rings (SSSR count). The van der Waals surface area contributed by atoms with E-state index in [0.29, 0.717) is 11.3 Å². The van der Waals surface area contributed by atoms with Gasteiger partial charge in [-0.05, 0) is 44.0 Å². The number of anilines is 1. The molecule has 1 aromatic rings. The third-order valence-corrected chi connectivity index (χ3v) is 4.23. The lowest BCUT2D eigenvalue weighted by atomic mass is 10.0. The van der Waals surface area contributed by atoms with E-state index in [-0.39, 0.29) is 17.7 Å². The number of amides is 1. The predicted molar refractivity (Wildman–Crippen MR) is 84.4 cm³/mol. The normalized spacial score (nSPS) is 16.9. The molecule has 0 bridgehead atoms. The van der Waals surface area contributed by atoms with Crippen molar-refractivity contribution in [2.24, 2.45) is 0 Å². The van der Waals surface area contributed by atoms with Crippen molar-refractivity contribution in [3.8, 4) is 5.75 Å². The summed E-state index contributed by atoms with van der Waals surface area (Å²) in [6.45, 7) is 5.38. The van der Waals surface area contributed by atoms with Crippen LogP contribution in [0.2, 0.25) is 0 Å². The average Bonchev–Trinajstić information content (AvgIpc) is 2.49. The zero-order valence-corrected chi connectivity index (χ0v) is 12.9. The van der Waals surface area contributed by atoms with Crippen molar-refractivity contribution in [2.75, 3.05) is 32.4 Å². The highest BCUT2D eigenvalue weighted by molar-refractivity contribution is 5.99. The van der Waals surface area contributed by atoms with Gasteiger partial charge in [-0.3, -0.25) is 4.79 Å². The second kappa shape index (κ2) is 6.80. The van der Waals surface area contributed by atoms with Crippen LogP contribution in [-0.4, -0.2) is 53.5 Å². The van der Waals surface area contributed by atoms with Crippen molar-refractivity contribution in [3.05, 3.63) is 23.8 Å². The highest BCUT2D eigenvalue weighted by Gasteiger charge is 2.26. The summed E-state index contributed by atoms with van der Waals surface area (Å²) in [7, 11) is 1.83. The van der Waals surface area contributed by atoms with E-state index in [4.69, 9.17) is 5.73 Å². The van der Waals surface area contributed by atoms with Gasteiger partial charge in [-0.15, -0.1) is 0 Å². The van der Waals surface area contributed by atoms with Gasteiger partial charge in [0.2, 0.25) is 0 Å². The van der Waals surface area contributed by atoms with Crippen LogP contribution in [0.3, 0.4) is 0 Å². The van der Waals surface area contributed by atoms with E-state index in [1.54, 1.807) is 11.0 Å². The van der Waals surface area contributed by atoms with Crippen molar-refractivity contribution in [1.82, 2.24) is 9.80 Å².